The molecule has 0 aliphatic carbocycles. The molecule has 1 heterocycles. The normalized spacial score (nSPS) is 11.2. The van der Waals surface area contributed by atoms with E-state index in [0.29, 0.717) is 10.9 Å². The number of nitrogens with one attached hydrogen (secondary N) is 1. The third kappa shape index (κ3) is 4.87. The number of thioether (sulfide) groups is 1. The number of hydrogen-bond donors (Lipinski definition) is 1. The van der Waals surface area contributed by atoms with Crippen LogP contribution < -0.4 is 10.1 Å². The van der Waals surface area contributed by atoms with Crippen LogP contribution in [0.2, 0.25) is 0 Å². The summed E-state index contributed by atoms with van der Waals surface area (Å²) in [6.45, 7) is 4.31. The Balaban J connectivity index is 1.58. The fourth-order valence-corrected chi connectivity index (χ4v) is 3.82. The van der Waals surface area contributed by atoms with Crippen LogP contribution in [0.15, 0.2) is 58.9 Å². The molecule has 27 heavy (non-hydrogen) atoms. The molecule has 5 nitrogen and oxygen atoms in total. The van der Waals surface area contributed by atoms with Gasteiger partial charge in [-0.1, -0.05) is 79.4 Å². The van der Waals surface area contributed by atoms with E-state index in [4.69, 9.17) is 4.74 Å². The second-order valence-electron chi connectivity index (χ2n) is 6.43. The third-order valence-corrected chi connectivity index (χ3v) is 6.08. The highest BCUT2D eigenvalue weighted by molar-refractivity contribution is 8.00. The van der Waals surface area contributed by atoms with Gasteiger partial charge in [-0.15, -0.1) is 10.2 Å². The van der Waals surface area contributed by atoms with E-state index in [0.717, 1.165) is 4.34 Å². The Bertz CT molecular complexity index is 893. The number of amides is 1. The number of aromatic nitrogens is 2. The maximum absolute atomic E-state index is 12.0. The van der Waals surface area contributed by atoms with E-state index >= 15 is 0 Å². The minimum atomic E-state index is -0.257. The van der Waals surface area contributed by atoms with Crippen molar-refractivity contribution in [1.29, 1.82) is 0 Å². The quantitative estimate of drug-likeness (QED) is 0.464. The number of carbonyl (C=O) groups is 1. The fraction of sp³-hybridized carbons (Fsp3) is 0.250. The Hall–Kier alpha value is -2.38. The van der Waals surface area contributed by atoms with Gasteiger partial charge in [0.25, 0.3) is 5.91 Å². The van der Waals surface area contributed by atoms with Crippen LogP contribution in [0.4, 0.5) is 5.13 Å². The lowest BCUT2D eigenvalue weighted by Gasteiger charge is -2.26. The molecule has 0 unspecified atom stereocenters. The van der Waals surface area contributed by atoms with Gasteiger partial charge < -0.3 is 4.74 Å². The zero-order valence-electron chi connectivity index (χ0n) is 15.4. The minimum absolute atomic E-state index is 0.0738. The highest BCUT2D eigenvalue weighted by atomic mass is 32.2. The first-order valence-electron chi connectivity index (χ1n) is 8.45. The Morgan fingerprint density at radius 1 is 1.07 bits per heavy atom. The highest BCUT2D eigenvalue weighted by Crippen LogP contribution is 2.32. The summed E-state index contributed by atoms with van der Waals surface area (Å²) in [5.74, 6) is 0.396. The van der Waals surface area contributed by atoms with Crippen LogP contribution in [0.5, 0.6) is 5.75 Å². The van der Waals surface area contributed by atoms with Crippen molar-refractivity contribution in [2.75, 3.05) is 18.2 Å². The molecular formula is C20H21N3O2S2. The molecule has 0 aliphatic rings. The summed E-state index contributed by atoms with van der Waals surface area (Å²) < 4.78 is 6.39. The first-order valence-corrected chi connectivity index (χ1v) is 10.5. The van der Waals surface area contributed by atoms with Crippen LogP contribution in [0, 0.1) is 0 Å². The number of benzene rings is 2. The Morgan fingerprint density at radius 2 is 1.74 bits per heavy atom. The molecule has 1 aromatic heterocycles. The van der Waals surface area contributed by atoms with Gasteiger partial charge in [0.2, 0.25) is 5.13 Å². The van der Waals surface area contributed by atoms with E-state index in [1.54, 1.807) is 0 Å². The molecule has 0 bridgehead atoms. The monoisotopic (exact) mass is 399 g/mol. The van der Waals surface area contributed by atoms with Gasteiger partial charge in [-0.05, 0) is 29.5 Å². The molecule has 3 rings (SSSR count). The van der Waals surface area contributed by atoms with Crippen molar-refractivity contribution >= 4 is 34.1 Å². The molecule has 0 atom stereocenters. The largest absolute Gasteiger partial charge is 0.484 e. The SMILES string of the molecule is CSc1nnc(NC(=O)COc2ccc(C(C)(C)c3ccccc3)cc2)s1. The van der Waals surface area contributed by atoms with Gasteiger partial charge in [0, 0.05) is 5.41 Å². The van der Waals surface area contributed by atoms with Crippen molar-refractivity contribution in [2.24, 2.45) is 0 Å². The number of anilines is 1. The van der Waals surface area contributed by atoms with Crippen LogP contribution in [0.25, 0.3) is 0 Å². The summed E-state index contributed by atoms with van der Waals surface area (Å²) in [6, 6.07) is 18.2. The zero-order valence-corrected chi connectivity index (χ0v) is 17.1. The van der Waals surface area contributed by atoms with Gasteiger partial charge >= 0.3 is 0 Å². The first-order chi connectivity index (χ1) is 13.0. The maximum atomic E-state index is 12.0. The van der Waals surface area contributed by atoms with E-state index in [2.05, 4.69) is 41.5 Å². The molecular weight excluding hydrogens is 378 g/mol. The lowest BCUT2D eigenvalue weighted by atomic mass is 9.78. The second-order valence-corrected chi connectivity index (χ2v) is 8.46. The molecule has 1 amide bonds. The molecule has 7 heteroatoms. The smallest absolute Gasteiger partial charge is 0.264 e. The van der Waals surface area contributed by atoms with Gasteiger partial charge in [0.15, 0.2) is 10.9 Å². The predicted molar refractivity (Wildman–Crippen MR) is 111 cm³/mol. The van der Waals surface area contributed by atoms with Gasteiger partial charge in [-0.25, -0.2) is 0 Å². The first kappa shape index (κ1) is 19.4. The minimum Gasteiger partial charge on any atom is -0.484 e. The summed E-state index contributed by atoms with van der Waals surface area (Å²) in [7, 11) is 0. The topological polar surface area (TPSA) is 64.1 Å². The third-order valence-electron chi connectivity index (χ3n) is 4.27. The molecule has 0 spiro atoms. The zero-order chi connectivity index (χ0) is 19.3. The van der Waals surface area contributed by atoms with Crippen molar-refractivity contribution < 1.29 is 9.53 Å². The summed E-state index contributed by atoms with van der Waals surface area (Å²) >= 11 is 2.83. The number of hydrogen-bond acceptors (Lipinski definition) is 6. The summed E-state index contributed by atoms with van der Waals surface area (Å²) in [5.41, 5.74) is 2.33. The van der Waals surface area contributed by atoms with Crippen LogP contribution in [-0.2, 0) is 10.2 Å². The molecule has 0 fully saturated rings. The Morgan fingerprint density at radius 3 is 2.37 bits per heavy atom. The standard InChI is InChI=1S/C20H21N3O2S2/c1-20(2,14-7-5-4-6-8-14)15-9-11-16(12-10-15)25-13-17(24)21-18-22-23-19(26-3)27-18/h4-12H,13H2,1-3H3,(H,21,22,24). The molecule has 3 aromatic rings. The molecule has 0 saturated carbocycles. The predicted octanol–water partition coefficient (Wildman–Crippen LogP) is 4.60. The summed E-state index contributed by atoms with van der Waals surface area (Å²) in [4.78, 5) is 12.0. The van der Waals surface area contributed by atoms with E-state index < -0.39 is 0 Å². The van der Waals surface area contributed by atoms with Gasteiger partial charge in [0.1, 0.15) is 5.75 Å². The molecule has 1 N–H and O–H groups in total. The van der Waals surface area contributed by atoms with Crippen molar-refractivity contribution in [2.45, 2.75) is 23.6 Å². The lowest BCUT2D eigenvalue weighted by molar-refractivity contribution is -0.118. The number of nitrogens with zero attached hydrogens (tertiary/aromatic N) is 2. The lowest BCUT2D eigenvalue weighted by Crippen LogP contribution is -2.20. The molecule has 0 radical (unpaired) electrons. The number of rotatable bonds is 7. The van der Waals surface area contributed by atoms with Crippen molar-refractivity contribution in [1.82, 2.24) is 10.2 Å². The van der Waals surface area contributed by atoms with E-state index in [1.807, 2.05) is 48.7 Å². The average Bonchev–Trinajstić information content (AvgIpc) is 3.15. The second kappa shape index (κ2) is 8.54. The van der Waals surface area contributed by atoms with Crippen molar-refractivity contribution in [3.05, 3.63) is 65.7 Å². The fourth-order valence-electron chi connectivity index (χ4n) is 2.64. The average molecular weight is 400 g/mol. The Kier molecular flexibility index (Phi) is 6.13. The van der Waals surface area contributed by atoms with Gasteiger partial charge in [0.05, 0.1) is 0 Å². The van der Waals surface area contributed by atoms with E-state index in [1.165, 1.54) is 34.2 Å². The molecule has 140 valence electrons. The molecule has 0 aliphatic heterocycles. The van der Waals surface area contributed by atoms with Crippen molar-refractivity contribution in [3.63, 3.8) is 0 Å². The van der Waals surface area contributed by atoms with Crippen LogP contribution in [0.3, 0.4) is 0 Å². The Labute approximate surface area is 167 Å². The highest BCUT2D eigenvalue weighted by Gasteiger charge is 2.22. The summed E-state index contributed by atoms with van der Waals surface area (Å²) in [5, 5.41) is 11.0. The number of carbonyl (C=O) groups excluding carboxylic acids is 1. The van der Waals surface area contributed by atoms with Gasteiger partial charge in [-0.2, -0.15) is 0 Å². The van der Waals surface area contributed by atoms with Gasteiger partial charge in [-0.3, -0.25) is 10.1 Å². The van der Waals surface area contributed by atoms with Crippen LogP contribution in [0.1, 0.15) is 25.0 Å². The maximum Gasteiger partial charge on any atom is 0.264 e. The van der Waals surface area contributed by atoms with Crippen molar-refractivity contribution in [3.8, 4) is 5.75 Å². The van der Waals surface area contributed by atoms with E-state index in [-0.39, 0.29) is 17.9 Å². The molecule has 2 aromatic carbocycles. The molecule has 0 saturated heterocycles. The summed E-state index contributed by atoms with van der Waals surface area (Å²) in [6.07, 6.45) is 1.91. The van der Waals surface area contributed by atoms with Crippen LogP contribution >= 0.6 is 23.1 Å². The van der Waals surface area contributed by atoms with E-state index in [9.17, 15) is 4.79 Å². The number of ether oxygens (including phenoxy) is 1. The van der Waals surface area contributed by atoms with Crippen LogP contribution in [-0.4, -0.2) is 29.0 Å².